The highest BCUT2D eigenvalue weighted by molar-refractivity contribution is 5.94. The molecule has 1 fully saturated rings. The number of nitrogens with zero attached hydrogens (tertiary/aromatic N) is 1. The van der Waals surface area contributed by atoms with Gasteiger partial charge in [0.1, 0.15) is 5.69 Å². The molecule has 1 aromatic heterocycles. The van der Waals surface area contributed by atoms with Crippen LogP contribution in [-0.4, -0.2) is 28.2 Å². The Labute approximate surface area is 120 Å². The van der Waals surface area contributed by atoms with Crippen molar-refractivity contribution in [3.05, 3.63) is 18.0 Å². The number of nitrogens with one attached hydrogen (secondary N) is 1. The zero-order valence-electron chi connectivity index (χ0n) is 12.5. The van der Waals surface area contributed by atoms with Crippen LogP contribution in [0, 0.1) is 5.41 Å². The molecule has 1 unspecified atom stereocenters. The second kappa shape index (κ2) is 5.48. The summed E-state index contributed by atoms with van der Waals surface area (Å²) in [6.45, 7) is 6.24. The van der Waals surface area contributed by atoms with Crippen LogP contribution >= 0.6 is 0 Å². The zero-order chi connectivity index (χ0) is 14.9. The average molecular weight is 279 g/mol. The molecular weight excluding hydrogens is 254 g/mol. The first-order valence-electron chi connectivity index (χ1n) is 7.22. The van der Waals surface area contributed by atoms with Crippen LogP contribution in [0.4, 0.5) is 5.69 Å². The summed E-state index contributed by atoms with van der Waals surface area (Å²) in [7, 11) is 0. The van der Waals surface area contributed by atoms with Gasteiger partial charge in [-0.25, -0.2) is 0 Å². The van der Waals surface area contributed by atoms with E-state index in [9.17, 15) is 4.79 Å². The van der Waals surface area contributed by atoms with E-state index in [0.29, 0.717) is 23.8 Å². The zero-order valence-corrected chi connectivity index (χ0v) is 12.5. The van der Waals surface area contributed by atoms with E-state index in [4.69, 9.17) is 10.8 Å². The van der Waals surface area contributed by atoms with Gasteiger partial charge in [0.2, 0.25) is 0 Å². The first kappa shape index (κ1) is 14.9. The van der Waals surface area contributed by atoms with E-state index in [2.05, 4.69) is 26.1 Å². The Bertz CT molecular complexity index is 484. The lowest BCUT2D eigenvalue weighted by atomic mass is 9.85. The summed E-state index contributed by atoms with van der Waals surface area (Å²) in [5, 5.41) is 12.2. The molecule has 5 heteroatoms. The number of rotatable bonds is 5. The Morgan fingerprint density at radius 3 is 2.70 bits per heavy atom. The van der Waals surface area contributed by atoms with Crippen LogP contribution in [-0.2, 0) is 0 Å². The number of hydrogen-bond acceptors (Lipinski definition) is 3. The van der Waals surface area contributed by atoms with Crippen LogP contribution in [0.1, 0.15) is 56.6 Å². The lowest BCUT2D eigenvalue weighted by Gasteiger charge is -2.31. The van der Waals surface area contributed by atoms with E-state index in [1.807, 2.05) is 10.8 Å². The summed E-state index contributed by atoms with van der Waals surface area (Å²) >= 11 is 0. The summed E-state index contributed by atoms with van der Waals surface area (Å²) in [6, 6.07) is 2.08. The first-order valence-corrected chi connectivity index (χ1v) is 7.22. The van der Waals surface area contributed by atoms with Crippen molar-refractivity contribution in [2.75, 3.05) is 12.3 Å². The van der Waals surface area contributed by atoms with Gasteiger partial charge in [-0.05, 0) is 30.7 Å². The van der Waals surface area contributed by atoms with Crippen LogP contribution < -0.4 is 11.1 Å². The van der Waals surface area contributed by atoms with Gasteiger partial charge in [0.05, 0.1) is 5.69 Å². The van der Waals surface area contributed by atoms with Crippen LogP contribution in [0.25, 0.3) is 0 Å². The molecule has 20 heavy (non-hydrogen) atoms. The van der Waals surface area contributed by atoms with Crippen molar-refractivity contribution in [2.45, 2.75) is 52.1 Å². The molecule has 1 saturated carbocycles. The maximum atomic E-state index is 12.5. The molecule has 0 radical (unpaired) electrons. The summed E-state index contributed by atoms with van der Waals surface area (Å²) in [6.07, 6.45) is 4.60. The number of hydrogen-bond donors (Lipinski definition) is 3. The van der Waals surface area contributed by atoms with Crippen LogP contribution in [0.5, 0.6) is 0 Å². The highest BCUT2D eigenvalue weighted by atomic mass is 16.3. The van der Waals surface area contributed by atoms with E-state index in [0.717, 1.165) is 12.8 Å². The highest BCUT2D eigenvalue weighted by Gasteiger charge is 2.30. The molecule has 1 aromatic rings. The molecule has 1 aliphatic rings. The molecule has 5 nitrogen and oxygen atoms in total. The predicted octanol–water partition coefficient (Wildman–Crippen LogP) is 1.93. The number of aromatic nitrogens is 1. The number of nitrogens with two attached hydrogens (primary N) is 1. The van der Waals surface area contributed by atoms with Crippen molar-refractivity contribution in [2.24, 2.45) is 5.41 Å². The summed E-state index contributed by atoms with van der Waals surface area (Å²) in [5.41, 5.74) is 6.97. The smallest absolute Gasteiger partial charge is 0.268 e. The molecule has 0 aliphatic heterocycles. The fourth-order valence-electron chi connectivity index (χ4n) is 2.42. The second-order valence-electron chi connectivity index (χ2n) is 6.70. The lowest BCUT2D eigenvalue weighted by Crippen LogP contribution is -2.44. The second-order valence-corrected chi connectivity index (χ2v) is 6.70. The number of amides is 1. The molecule has 112 valence electrons. The standard InChI is InChI=1S/C15H25N3O2/c1-15(2,3)13(6-7-19)17-14(20)12-8-10(16)9-18(12)11-4-5-11/h8-9,11,13,19H,4-7,16H2,1-3H3,(H,17,20). The fourth-order valence-corrected chi connectivity index (χ4v) is 2.42. The average Bonchev–Trinajstić information content (AvgIpc) is 3.10. The Balaban J connectivity index is 2.14. The van der Waals surface area contributed by atoms with Crippen molar-refractivity contribution < 1.29 is 9.90 Å². The predicted molar refractivity (Wildman–Crippen MR) is 79.5 cm³/mol. The lowest BCUT2D eigenvalue weighted by molar-refractivity contribution is 0.0875. The number of aliphatic hydroxyl groups is 1. The van der Waals surface area contributed by atoms with Crippen molar-refractivity contribution in [3.8, 4) is 0 Å². The summed E-state index contributed by atoms with van der Waals surface area (Å²) in [4.78, 5) is 12.5. The molecule has 1 atom stereocenters. The molecular formula is C15H25N3O2. The monoisotopic (exact) mass is 279 g/mol. The van der Waals surface area contributed by atoms with Crippen molar-refractivity contribution in [1.29, 1.82) is 0 Å². The number of carbonyl (C=O) groups is 1. The highest BCUT2D eigenvalue weighted by Crippen LogP contribution is 2.37. The normalized spacial score (nSPS) is 17.0. The molecule has 4 N–H and O–H groups in total. The van der Waals surface area contributed by atoms with Crippen LogP contribution in [0.3, 0.4) is 0 Å². The SMILES string of the molecule is CC(C)(C)C(CCO)NC(=O)c1cc(N)cn1C1CC1. The van der Waals surface area contributed by atoms with Crippen LogP contribution in [0.15, 0.2) is 12.3 Å². The molecule has 1 aliphatic carbocycles. The van der Waals surface area contributed by atoms with Gasteiger partial charge in [-0.1, -0.05) is 20.8 Å². The maximum absolute atomic E-state index is 12.5. The third-order valence-corrected chi connectivity index (χ3v) is 3.81. The number of carbonyl (C=O) groups excluding carboxylic acids is 1. The maximum Gasteiger partial charge on any atom is 0.268 e. The van der Waals surface area contributed by atoms with Gasteiger partial charge in [-0.15, -0.1) is 0 Å². The van der Waals surface area contributed by atoms with Crippen molar-refractivity contribution in [1.82, 2.24) is 9.88 Å². The molecule has 1 amide bonds. The number of nitrogen functional groups attached to an aromatic ring is 1. The van der Waals surface area contributed by atoms with Crippen molar-refractivity contribution >= 4 is 11.6 Å². The Morgan fingerprint density at radius 2 is 2.20 bits per heavy atom. The van der Waals surface area contributed by atoms with Crippen LogP contribution in [0.2, 0.25) is 0 Å². The Hall–Kier alpha value is -1.49. The van der Waals surface area contributed by atoms with Gasteiger partial charge in [-0.3, -0.25) is 4.79 Å². The van der Waals surface area contributed by atoms with Gasteiger partial charge >= 0.3 is 0 Å². The fraction of sp³-hybridized carbons (Fsp3) is 0.667. The molecule has 1 heterocycles. The quantitative estimate of drug-likeness (QED) is 0.770. The number of aliphatic hydroxyl groups excluding tert-OH is 1. The minimum atomic E-state index is -0.109. The molecule has 2 rings (SSSR count). The van der Waals surface area contributed by atoms with E-state index < -0.39 is 0 Å². The molecule has 0 aromatic carbocycles. The minimum absolute atomic E-state index is 0.0635. The van der Waals surface area contributed by atoms with E-state index in [-0.39, 0.29) is 24.0 Å². The van der Waals surface area contributed by atoms with Gasteiger partial charge in [0, 0.05) is 24.9 Å². The van der Waals surface area contributed by atoms with Gasteiger partial charge in [-0.2, -0.15) is 0 Å². The van der Waals surface area contributed by atoms with Crippen molar-refractivity contribution in [3.63, 3.8) is 0 Å². The largest absolute Gasteiger partial charge is 0.397 e. The summed E-state index contributed by atoms with van der Waals surface area (Å²) in [5.74, 6) is -0.109. The topological polar surface area (TPSA) is 80.3 Å². The van der Waals surface area contributed by atoms with Gasteiger partial charge < -0.3 is 20.7 Å². The minimum Gasteiger partial charge on any atom is -0.397 e. The van der Waals surface area contributed by atoms with E-state index in [1.54, 1.807) is 6.07 Å². The number of anilines is 1. The van der Waals surface area contributed by atoms with E-state index >= 15 is 0 Å². The third kappa shape index (κ3) is 3.33. The third-order valence-electron chi connectivity index (χ3n) is 3.81. The molecule has 0 saturated heterocycles. The first-order chi connectivity index (χ1) is 9.32. The van der Waals surface area contributed by atoms with Gasteiger partial charge in [0.15, 0.2) is 0 Å². The molecule has 0 bridgehead atoms. The Morgan fingerprint density at radius 1 is 1.55 bits per heavy atom. The molecule has 0 spiro atoms. The summed E-state index contributed by atoms with van der Waals surface area (Å²) < 4.78 is 1.98. The Kier molecular flexibility index (Phi) is 4.09. The van der Waals surface area contributed by atoms with Gasteiger partial charge in [0.25, 0.3) is 5.91 Å². The van der Waals surface area contributed by atoms with E-state index in [1.165, 1.54) is 0 Å².